The first kappa shape index (κ1) is 16.5. The Morgan fingerprint density at radius 1 is 0.964 bits per heavy atom. The molecule has 28 heavy (non-hydrogen) atoms. The molecule has 1 aliphatic heterocycles. The lowest BCUT2D eigenvalue weighted by Crippen LogP contribution is -2.47. The predicted octanol–water partition coefficient (Wildman–Crippen LogP) is 2.78. The summed E-state index contributed by atoms with van der Waals surface area (Å²) in [4.78, 5) is 18.0. The van der Waals surface area contributed by atoms with Crippen LogP contribution in [0.5, 0.6) is 0 Å². The van der Waals surface area contributed by atoms with Crippen LogP contribution in [0.3, 0.4) is 0 Å². The Morgan fingerprint density at radius 3 is 2.43 bits per heavy atom. The van der Waals surface area contributed by atoms with Gasteiger partial charge < -0.3 is 9.80 Å². The van der Waals surface area contributed by atoms with Gasteiger partial charge in [-0.2, -0.15) is 5.26 Å². The fourth-order valence-electron chi connectivity index (χ4n) is 3.89. The standard InChI is InChI=1S/C21H19N7/c1-15-13-19(26-9-11-27(12-10-26)21-23-7-4-8-24-21)28-18-6-3-2-5-17(18)25-20(28)16(15)14-22/h2-8,13H,9-12H2,1H3. The zero-order valence-electron chi connectivity index (χ0n) is 15.6. The van der Waals surface area contributed by atoms with Crippen molar-refractivity contribution in [1.29, 1.82) is 5.26 Å². The van der Waals surface area contributed by atoms with Crippen LogP contribution in [0.15, 0.2) is 48.8 Å². The highest BCUT2D eigenvalue weighted by atomic mass is 15.3. The van der Waals surface area contributed by atoms with Crippen molar-refractivity contribution in [1.82, 2.24) is 19.4 Å². The number of hydrogen-bond acceptors (Lipinski definition) is 6. The Balaban J connectivity index is 1.57. The lowest BCUT2D eigenvalue weighted by atomic mass is 10.1. The number of pyridine rings is 1. The van der Waals surface area contributed by atoms with Crippen LogP contribution < -0.4 is 9.80 Å². The van der Waals surface area contributed by atoms with Gasteiger partial charge in [-0.1, -0.05) is 12.1 Å². The van der Waals surface area contributed by atoms with Gasteiger partial charge in [0.15, 0.2) is 5.65 Å². The lowest BCUT2D eigenvalue weighted by molar-refractivity contribution is 0.633. The number of benzene rings is 1. The number of para-hydroxylation sites is 2. The van der Waals surface area contributed by atoms with Crippen molar-refractivity contribution in [2.75, 3.05) is 36.0 Å². The van der Waals surface area contributed by atoms with Crippen LogP contribution in [0.1, 0.15) is 11.1 Å². The molecule has 7 heteroatoms. The highest BCUT2D eigenvalue weighted by molar-refractivity contribution is 5.85. The average Bonchev–Trinajstić information content (AvgIpc) is 3.13. The van der Waals surface area contributed by atoms with Gasteiger partial charge in [-0.25, -0.2) is 15.0 Å². The van der Waals surface area contributed by atoms with Crippen LogP contribution >= 0.6 is 0 Å². The molecule has 0 aliphatic carbocycles. The largest absolute Gasteiger partial charge is 0.354 e. The Kier molecular flexibility index (Phi) is 3.83. The molecule has 1 aliphatic rings. The number of hydrogen-bond donors (Lipinski definition) is 0. The van der Waals surface area contributed by atoms with Crippen molar-refractivity contribution in [3.05, 3.63) is 59.9 Å². The first-order valence-electron chi connectivity index (χ1n) is 9.34. The Labute approximate surface area is 162 Å². The second-order valence-electron chi connectivity index (χ2n) is 6.95. The van der Waals surface area contributed by atoms with Crippen LogP contribution in [0.4, 0.5) is 11.8 Å². The molecular formula is C21H19N7. The maximum atomic E-state index is 9.67. The van der Waals surface area contributed by atoms with E-state index < -0.39 is 0 Å². The third-order valence-electron chi connectivity index (χ3n) is 5.30. The number of aryl methyl sites for hydroxylation is 1. The Bertz CT molecular complexity index is 1200. The summed E-state index contributed by atoms with van der Waals surface area (Å²) in [5, 5.41) is 9.67. The average molecular weight is 369 g/mol. The summed E-state index contributed by atoms with van der Waals surface area (Å²) in [5.41, 5.74) is 4.25. The van der Waals surface area contributed by atoms with E-state index in [1.807, 2.05) is 31.2 Å². The molecular weight excluding hydrogens is 350 g/mol. The van der Waals surface area contributed by atoms with Crippen LogP contribution in [-0.4, -0.2) is 45.5 Å². The minimum Gasteiger partial charge on any atom is -0.354 e. The van der Waals surface area contributed by atoms with E-state index in [1.54, 1.807) is 12.4 Å². The molecule has 1 saturated heterocycles. The van der Waals surface area contributed by atoms with Crippen molar-refractivity contribution in [3.8, 4) is 6.07 Å². The summed E-state index contributed by atoms with van der Waals surface area (Å²) in [6.07, 6.45) is 3.56. The van der Waals surface area contributed by atoms with Gasteiger partial charge in [0.05, 0.1) is 16.6 Å². The molecule has 0 N–H and O–H groups in total. The molecule has 1 fully saturated rings. The first-order valence-corrected chi connectivity index (χ1v) is 9.34. The quantitative estimate of drug-likeness (QED) is 0.541. The van der Waals surface area contributed by atoms with Crippen molar-refractivity contribution in [2.24, 2.45) is 0 Å². The van der Waals surface area contributed by atoms with Gasteiger partial charge >= 0.3 is 0 Å². The Hall–Kier alpha value is -3.66. The van der Waals surface area contributed by atoms with Crippen molar-refractivity contribution in [3.63, 3.8) is 0 Å². The highest BCUT2D eigenvalue weighted by Gasteiger charge is 2.23. The van der Waals surface area contributed by atoms with Gasteiger partial charge in [0.25, 0.3) is 0 Å². The van der Waals surface area contributed by atoms with Crippen LogP contribution in [0.25, 0.3) is 16.7 Å². The van der Waals surface area contributed by atoms with E-state index in [9.17, 15) is 5.26 Å². The van der Waals surface area contributed by atoms with Gasteiger partial charge in [-0.3, -0.25) is 4.40 Å². The zero-order valence-corrected chi connectivity index (χ0v) is 15.6. The van der Waals surface area contributed by atoms with Crippen molar-refractivity contribution >= 4 is 28.4 Å². The molecule has 1 aromatic carbocycles. The number of nitrogens with zero attached hydrogens (tertiary/aromatic N) is 7. The molecule has 0 unspecified atom stereocenters. The summed E-state index contributed by atoms with van der Waals surface area (Å²) < 4.78 is 2.12. The Morgan fingerprint density at radius 2 is 1.68 bits per heavy atom. The maximum Gasteiger partial charge on any atom is 0.225 e. The minimum atomic E-state index is 0.635. The normalized spacial score (nSPS) is 14.6. The molecule has 4 aromatic rings. The van der Waals surface area contributed by atoms with Gasteiger partial charge in [-0.15, -0.1) is 0 Å². The number of fused-ring (bicyclic) bond motifs is 3. The molecule has 3 aromatic heterocycles. The van der Waals surface area contributed by atoms with E-state index in [4.69, 9.17) is 4.98 Å². The third kappa shape index (κ3) is 2.54. The van der Waals surface area contributed by atoms with Gasteiger partial charge in [0, 0.05) is 38.6 Å². The summed E-state index contributed by atoms with van der Waals surface area (Å²) in [6.45, 7) is 5.38. The number of piperazine rings is 1. The van der Waals surface area contributed by atoms with Gasteiger partial charge in [0.1, 0.15) is 11.9 Å². The molecule has 4 heterocycles. The third-order valence-corrected chi connectivity index (χ3v) is 5.30. The van der Waals surface area contributed by atoms with E-state index in [0.717, 1.165) is 60.2 Å². The minimum absolute atomic E-state index is 0.635. The lowest BCUT2D eigenvalue weighted by Gasteiger charge is -2.36. The van der Waals surface area contributed by atoms with Gasteiger partial charge in [-0.05, 0) is 36.8 Å². The molecule has 0 atom stereocenters. The maximum absolute atomic E-state index is 9.67. The smallest absolute Gasteiger partial charge is 0.225 e. The number of aromatic nitrogens is 4. The molecule has 0 saturated carbocycles. The number of nitriles is 1. The van der Waals surface area contributed by atoms with Crippen molar-refractivity contribution < 1.29 is 0 Å². The highest BCUT2D eigenvalue weighted by Crippen LogP contribution is 2.29. The molecule has 0 amide bonds. The molecule has 0 radical (unpaired) electrons. The van der Waals surface area contributed by atoms with E-state index in [2.05, 4.69) is 42.4 Å². The molecule has 0 spiro atoms. The second kappa shape index (κ2) is 6.50. The second-order valence-corrected chi connectivity index (χ2v) is 6.95. The number of rotatable bonds is 2. The SMILES string of the molecule is Cc1cc(N2CCN(c3ncccn3)CC2)n2c(nc3ccccc32)c1C#N. The van der Waals surface area contributed by atoms with E-state index in [-0.39, 0.29) is 0 Å². The molecule has 0 bridgehead atoms. The topological polar surface area (TPSA) is 73.3 Å². The predicted molar refractivity (Wildman–Crippen MR) is 109 cm³/mol. The zero-order chi connectivity index (χ0) is 19.1. The first-order chi connectivity index (χ1) is 13.8. The molecule has 138 valence electrons. The van der Waals surface area contributed by atoms with Crippen LogP contribution in [0.2, 0.25) is 0 Å². The van der Waals surface area contributed by atoms with E-state index in [0.29, 0.717) is 5.56 Å². The number of anilines is 2. The summed E-state index contributed by atoms with van der Waals surface area (Å²) in [5.74, 6) is 1.85. The fraction of sp³-hybridized carbons (Fsp3) is 0.238. The summed E-state index contributed by atoms with van der Waals surface area (Å²) >= 11 is 0. The number of imidazole rings is 1. The molecule has 5 rings (SSSR count). The summed E-state index contributed by atoms with van der Waals surface area (Å²) in [7, 11) is 0. The van der Waals surface area contributed by atoms with Crippen LogP contribution in [0, 0.1) is 18.3 Å². The molecule has 7 nitrogen and oxygen atoms in total. The van der Waals surface area contributed by atoms with Gasteiger partial charge in [0.2, 0.25) is 5.95 Å². The van der Waals surface area contributed by atoms with Crippen molar-refractivity contribution in [2.45, 2.75) is 6.92 Å². The van der Waals surface area contributed by atoms with E-state index in [1.165, 1.54) is 0 Å². The monoisotopic (exact) mass is 369 g/mol. The fourth-order valence-corrected chi connectivity index (χ4v) is 3.89. The van der Waals surface area contributed by atoms with Crippen LogP contribution in [-0.2, 0) is 0 Å². The summed E-state index contributed by atoms with van der Waals surface area (Å²) in [6, 6.07) is 14.3. The van der Waals surface area contributed by atoms with E-state index >= 15 is 0 Å².